The molecule has 0 atom stereocenters. The SMILES string of the molecule is COc1c(Cl)cc(Cl)cc1C(=O)Nc1cccc2ncccc12. The second-order valence-corrected chi connectivity index (χ2v) is 5.64. The lowest BCUT2D eigenvalue weighted by Crippen LogP contribution is -2.13. The number of amides is 1. The van der Waals surface area contributed by atoms with E-state index in [-0.39, 0.29) is 22.2 Å². The quantitative estimate of drug-likeness (QED) is 0.740. The molecule has 1 N–H and O–H groups in total. The minimum absolute atomic E-state index is 0.269. The molecule has 0 bridgehead atoms. The molecule has 0 aliphatic rings. The highest BCUT2D eigenvalue weighted by Crippen LogP contribution is 2.33. The zero-order chi connectivity index (χ0) is 16.4. The maximum Gasteiger partial charge on any atom is 0.259 e. The van der Waals surface area contributed by atoms with Crippen molar-refractivity contribution < 1.29 is 9.53 Å². The van der Waals surface area contributed by atoms with Crippen LogP contribution in [0, 0.1) is 0 Å². The number of pyridine rings is 1. The van der Waals surface area contributed by atoms with Crippen LogP contribution in [0.1, 0.15) is 10.4 Å². The van der Waals surface area contributed by atoms with Crippen LogP contribution < -0.4 is 10.1 Å². The van der Waals surface area contributed by atoms with Gasteiger partial charge in [0, 0.05) is 16.6 Å². The predicted molar refractivity (Wildman–Crippen MR) is 92.7 cm³/mol. The molecule has 0 fully saturated rings. The topological polar surface area (TPSA) is 51.2 Å². The molecule has 0 radical (unpaired) electrons. The fraction of sp³-hybridized carbons (Fsp3) is 0.0588. The van der Waals surface area contributed by atoms with E-state index in [9.17, 15) is 4.79 Å². The molecule has 3 aromatic rings. The van der Waals surface area contributed by atoms with Gasteiger partial charge in [-0.3, -0.25) is 9.78 Å². The van der Waals surface area contributed by atoms with Gasteiger partial charge in [-0.2, -0.15) is 0 Å². The maximum absolute atomic E-state index is 12.6. The van der Waals surface area contributed by atoms with E-state index in [1.807, 2.05) is 24.3 Å². The van der Waals surface area contributed by atoms with Crippen molar-refractivity contribution in [1.29, 1.82) is 0 Å². The lowest BCUT2D eigenvalue weighted by molar-refractivity contribution is 0.102. The summed E-state index contributed by atoms with van der Waals surface area (Å²) < 4.78 is 5.21. The summed E-state index contributed by atoms with van der Waals surface area (Å²) in [4.78, 5) is 16.9. The van der Waals surface area contributed by atoms with Crippen LogP contribution in [0.25, 0.3) is 10.9 Å². The van der Waals surface area contributed by atoms with E-state index >= 15 is 0 Å². The minimum atomic E-state index is -0.359. The number of hydrogen-bond acceptors (Lipinski definition) is 3. The van der Waals surface area contributed by atoms with E-state index in [4.69, 9.17) is 27.9 Å². The fourth-order valence-electron chi connectivity index (χ4n) is 2.34. The summed E-state index contributed by atoms with van der Waals surface area (Å²) in [5.41, 5.74) is 1.71. The average Bonchev–Trinajstić information content (AvgIpc) is 2.54. The molecule has 3 rings (SSSR count). The highest BCUT2D eigenvalue weighted by Gasteiger charge is 2.17. The van der Waals surface area contributed by atoms with E-state index in [0.717, 1.165) is 10.9 Å². The van der Waals surface area contributed by atoms with Crippen molar-refractivity contribution in [2.75, 3.05) is 12.4 Å². The Balaban J connectivity index is 2.02. The summed E-state index contributed by atoms with van der Waals surface area (Å²) in [7, 11) is 1.45. The van der Waals surface area contributed by atoms with E-state index in [2.05, 4.69) is 10.3 Å². The van der Waals surface area contributed by atoms with Crippen LogP contribution in [0.4, 0.5) is 5.69 Å². The number of nitrogens with zero attached hydrogens (tertiary/aromatic N) is 1. The van der Waals surface area contributed by atoms with Crippen LogP contribution in [0.15, 0.2) is 48.7 Å². The van der Waals surface area contributed by atoms with Crippen molar-refractivity contribution in [3.8, 4) is 5.75 Å². The predicted octanol–water partition coefficient (Wildman–Crippen LogP) is 4.80. The Morgan fingerprint density at radius 2 is 2.00 bits per heavy atom. The van der Waals surface area contributed by atoms with E-state index < -0.39 is 0 Å². The first-order chi connectivity index (χ1) is 11.1. The van der Waals surface area contributed by atoms with Gasteiger partial charge < -0.3 is 10.1 Å². The Kier molecular flexibility index (Phi) is 4.37. The first-order valence-corrected chi connectivity index (χ1v) is 7.54. The number of methoxy groups -OCH3 is 1. The molecular weight excluding hydrogens is 335 g/mol. The Morgan fingerprint density at radius 1 is 1.17 bits per heavy atom. The number of carbonyl (C=O) groups excluding carboxylic acids is 1. The number of aromatic nitrogens is 1. The highest BCUT2D eigenvalue weighted by molar-refractivity contribution is 6.36. The summed E-state index contributed by atoms with van der Waals surface area (Å²) in [5.74, 6) is -0.0745. The standard InChI is InChI=1S/C17H12Cl2N2O2/c1-23-16-12(8-10(18)9-13(16)19)17(22)21-15-6-2-5-14-11(15)4-3-7-20-14/h2-9H,1H3,(H,21,22). The average molecular weight is 347 g/mol. The van der Waals surface area contributed by atoms with Gasteiger partial charge in [0.25, 0.3) is 5.91 Å². The second kappa shape index (κ2) is 6.44. The first kappa shape index (κ1) is 15.6. The molecule has 6 heteroatoms. The van der Waals surface area contributed by atoms with Gasteiger partial charge in [-0.25, -0.2) is 0 Å². The molecule has 0 spiro atoms. The molecule has 1 heterocycles. The summed E-state index contributed by atoms with van der Waals surface area (Å²) in [6.07, 6.45) is 1.70. The molecule has 116 valence electrons. The third kappa shape index (κ3) is 3.09. The number of hydrogen-bond donors (Lipinski definition) is 1. The molecule has 0 aliphatic heterocycles. The number of ether oxygens (including phenoxy) is 1. The Labute approximate surface area is 143 Å². The number of fused-ring (bicyclic) bond motifs is 1. The van der Waals surface area contributed by atoms with E-state index in [1.54, 1.807) is 12.3 Å². The summed E-state index contributed by atoms with van der Waals surface area (Å²) >= 11 is 12.1. The van der Waals surface area contributed by atoms with Crippen molar-refractivity contribution >= 4 is 45.7 Å². The first-order valence-electron chi connectivity index (χ1n) is 6.78. The largest absolute Gasteiger partial charge is 0.494 e. The van der Waals surface area contributed by atoms with Crippen LogP contribution in [0.5, 0.6) is 5.75 Å². The summed E-state index contributed by atoms with van der Waals surface area (Å²) in [6, 6.07) is 12.3. The van der Waals surface area contributed by atoms with Crippen molar-refractivity contribution in [1.82, 2.24) is 4.98 Å². The van der Waals surface area contributed by atoms with Crippen LogP contribution >= 0.6 is 23.2 Å². The van der Waals surface area contributed by atoms with Gasteiger partial charge in [-0.1, -0.05) is 29.3 Å². The molecule has 23 heavy (non-hydrogen) atoms. The molecule has 0 saturated carbocycles. The Morgan fingerprint density at radius 3 is 2.78 bits per heavy atom. The Hall–Kier alpha value is -2.30. The van der Waals surface area contributed by atoms with Gasteiger partial charge in [0.2, 0.25) is 0 Å². The van der Waals surface area contributed by atoms with Gasteiger partial charge in [-0.15, -0.1) is 0 Å². The lowest BCUT2D eigenvalue weighted by Gasteiger charge is -2.12. The minimum Gasteiger partial charge on any atom is -0.494 e. The molecule has 4 nitrogen and oxygen atoms in total. The van der Waals surface area contributed by atoms with Gasteiger partial charge >= 0.3 is 0 Å². The molecule has 0 unspecified atom stereocenters. The number of nitrogens with one attached hydrogen (secondary N) is 1. The molecule has 0 aliphatic carbocycles. The van der Waals surface area contributed by atoms with Crippen molar-refractivity contribution in [3.05, 3.63) is 64.3 Å². The van der Waals surface area contributed by atoms with Crippen molar-refractivity contribution in [2.24, 2.45) is 0 Å². The zero-order valence-corrected chi connectivity index (χ0v) is 13.7. The molecular formula is C17H12Cl2N2O2. The van der Waals surface area contributed by atoms with Crippen LogP contribution in [-0.2, 0) is 0 Å². The van der Waals surface area contributed by atoms with Crippen molar-refractivity contribution in [2.45, 2.75) is 0 Å². The summed E-state index contributed by atoms with van der Waals surface area (Å²) in [5, 5.41) is 4.34. The maximum atomic E-state index is 12.6. The normalized spacial score (nSPS) is 10.6. The number of halogens is 2. The number of carbonyl (C=O) groups is 1. The molecule has 0 saturated heterocycles. The van der Waals surface area contributed by atoms with Crippen LogP contribution in [0.2, 0.25) is 10.0 Å². The lowest BCUT2D eigenvalue weighted by atomic mass is 10.1. The Bertz CT molecular complexity index is 892. The zero-order valence-electron chi connectivity index (χ0n) is 12.1. The van der Waals surface area contributed by atoms with E-state index in [1.165, 1.54) is 19.2 Å². The number of anilines is 1. The van der Waals surface area contributed by atoms with Gasteiger partial charge in [0.1, 0.15) is 5.75 Å². The van der Waals surface area contributed by atoms with Crippen molar-refractivity contribution in [3.63, 3.8) is 0 Å². The van der Waals surface area contributed by atoms with Gasteiger partial charge in [-0.05, 0) is 36.4 Å². The third-order valence-electron chi connectivity index (χ3n) is 3.35. The number of benzene rings is 2. The second-order valence-electron chi connectivity index (χ2n) is 4.80. The monoisotopic (exact) mass is 346 g/mol. The van der Waals surface area contributed by atoms with E-state index in [0.29, 0.717) is 10.7 Å². The third-order valence-corrected chi connectivity index (χ3v) is 3.85. The summed E-state index contributed by atoms with van der Waals surface area (Å²) in [6.45, 7) is 0. The van der Waals surface area contributed by atoms with Crippen LogP contribution in [0.3, 0.4) is 0 Å². The fourth-order valence-corrected chi connectivity index (χ4v) is 2.91. The van der Waals surface area contributed by atoms with Gasteiger partial charge in [0.15, 0.2) is 0 Å². The highest BCUT2D eigenvalue weighted by atomic mass is 35.5. The smallest absolute Gasteiger partial charge is 0.259 e. The number of rotatable bonds is 3. The van der Waals surface area contributed by atoms with Crippen LogP contribution in [-0.4, -0.2) is 18.0 Å². The molecule has 2 aromatic carbocycles. The molecule has 1 aromatic heterocycles. The van der Waals surface area contributed by atoms with Gasteiger partial charge in [0.05, 0.1) is 28.9 Å². The molecule has 1 amide bonds.